The van der Waals surface area contributed by atoms with Gasteiger partial charge >= 0.3 is 12.0 Å². The van der Waals surface area contributed by atoms with E-state index in [0.717, 1.165) is 27.4 Å². The number of para-hydroxylation sites is 1. The van der Waals surface area contributed by atoms with Crippen LogP contribution >= 0.6 is 0 Å². The van der Waals surface area contributed by atoms with E-state index >= 15 is 0 Å². The molecule has 1 aliphatic rings. The predicted molar refractivity (Wildman–Crippen MR) is 117 cm³/mol. The number of H-pyrrole nitrogens is 2. The Bertz CT molecular complexity index is 1360. The molecule has 8 nitrogen and oxygen atoms in total. The molecule has 0 saturated carbocycles. The molecule has 155 valence electrons. The van der Waals surface area contributed by atoms with Gasteiger partial charge in [-0.15, -0.1) is 0 Å². The van der Waals surface area contributed by atoms with Crippen molar-refractivity contribution in [1.82, 2.24) is 15.3 Å². The zero-order valence-electron chi connectivity index (χ0n) is 16.9. The SMILES string of the molecule is CCOC(=O)c1[nH]c2ccccc2c1N1C(=O)[N]C=C1c1c[nH]c2ccc(OC)cc12. The maximum Gasteiger partial charge on any atom is 0.356 e. The molecule has 2 amide bonds. The number of esters is 1. The van der Waals surface area contributed by atoms with E-state index < -0.39 is 12.0 Å². The van der Waals surface area contributed by atoms with E-state index in [1.54, 1.807) is 14.0 Å². The van der Waals surface area contributed by atoms with Gasteiger partial charge in [-0.2, -0.15) is 5.32 Å². The number of hydrogen-bond acceptors (Lipinski definition) is 4. The summed E-state index contributed by atoms with van der Waals surface area (Å²) < 4.78 is 10.6. The highest BCUT2D eigenvalue weighted by Crippen LogP contribution is 2.40. The van der Waals surface area contributed by atoms with Crippen LogP contribution in [0.3, 0.4) is 0 Å². The summed E-state index contributed by atoms with van der Waals surface area (Å²) in [5.74, 6) is 0.161. The summed E-state index contributed by atoms with van der Waals surface area (Å²) >= 11 is 0. The minimum Gasteiger partial charge on any atom is -0.497 e. The van der Waals surface area contributed by atoms with Gasteiger partial charge in [-0.05, 0) is 31.2 Å². The Kier molecular flexibility index (Phi) is 4.39. The maximum absolute atomic E-state index is 12.9. The van der Waals surface area contributed by atoms with E-state index in [1.807, 2.05) is 48.7 Å². The number of ether oxygens (including phenoxy) is 2. The maximum atomic E-state index is 12.9. The molecule has 4 aromatic rings. The van der Waals surface area contributed by atoms with Crippen LogP contribution in [0.25, 0.3) is 27.5 Å². The van der Waals surface area contributed by atoms with Gasteiger partial charge in [0.2, 0.25) is 0 Å². The molecule has 0 unspecified atom stereocenters. The van der Waals surface area contributed by atoms with Gasteiger partial charge in [0.1, 0.15) is 5.75 Å². The number of nitrogens with one attached hydrogen (secondary N) is 2. The number of urea groups is 1. The van der Waals surface area contributed by atoms with Crippen molar-refractivity contribution < 1.29 is 19.1 Å². The van der Waals surface area contributed by atoms with Crippen molar-refractivity contribution in [3.05, 3.63) is 66.1 Å². The number of hydrogen-bond donors (Lipinski definition) is 2. The average molecular weight is 415 g/mol. The summed E-state index contributed by atoms with van der Waals surface area (Å²) in [4.78, 5) is 33.4. The first-order chi connectivity index (χ1) is 15.1. The van der Waals surface area contributed by atoms with Crippen molar-refractivity contribution in [2.24, 2.45) is 0 Å². The molecule has 3 heterocycles. The Hall–Kier alpha value is -4.20. The topological polar surface area (TPSA) is 102 Å². The molecule has 2 N–H and O–H groups in total. The van der Waals surface area contributed by atoms with E-state index in [1.165, 1.54) is 11.1 Å². The van der Waals surface area contributed by atoms with Crippen LogP contribution in [-0.4, -0.2) is 35.7 Å². The number of benzene rings is 2. The smallest absolute Gasteiger partial charge is 0.356 e. The van der Waals surface area contributed by atoms with Crippen LogP contribution in [0, 0.1) is 0 Å². The lowest BCUT2D eigenvalue weighted by Gasteiger charge is -2.19. The summed E-state index contributed by atoms with van der Waals surface area (Å²) in [5.41, 5.74) is 3.56. The van der Waals surface area contributed by atoms with Crippen molar-refractivity contribution in [3.8, 4) is 5.75 Å². The molecule has 0 atom stereocenters. The van der Waals surface area contributed by atoms with Gasteiger partial charge in [-0.3, -0.25) is 4.90 Å². The Balaban J connectivity index is 1.71. The highest BCUT2D eigenvalue weighted by Gasteiger charge is 2.35. The second-order valence-corrected chi connectivity index (χ2v) is 6.99. The highest BCUT2D eigenvalue weighted by molar-refractivity contribution is 6.20. The molecule has 31 heavy (non-hydrogen) atoms. The number of carbonyl (C=O) groups is 2. The zero-order valence-corrected chi connectivity index (χ0v) is 16.9. The van der Waals surface area contributed by atoms with Gasteiger partial charge in [0.15, 0.2) is 5.69 Å². The molecule has 0 fully saturated rings. The van der Waals surface area contributed by atoms with Gasteiger partial charge < -0.3 is 19.4 Å². The third-order valence-corrected chi connectivity index (χ3v) is 5.28. The van der Waals surface area contributed by atoms with Gasteiger partial charge in [0, 0.05) is 33.6 Å². The summed E-state index contributed by atoms with van der Waals surface area (Å²) in [6.07, 6.45) is 3.33. The predicted octanol–water partition coefficient (Wildman–Crippen LogP) is 4.38. The number of rotatable bonds is 5. The molecule has 0 aliphatic carbocycles. The molecule has 2 aromatic carbocycles. The fourth-order valence-corrected chi connectivity index (χ4v) is 3.89. The number of carbonyl (C=O) groups excluding carboxylic acids is 2. The third-order valence-electron chi connectivity index (χ3n) is 5.28. The highest BCUT2D eigenvalue weighted by atomic mass is 16.5. The Labute approximate surface area is 177 Å². The van der Waals surface area contributed by atoms with Gasteiger partial charge in [-0.1, -0.05) is 18.2 Å². The van der Waals surface area contributed by atoms with Crippen molar-refractivity contribution >= 4 is 45.2 Å². The second kappa shape index (κ2) is 7.24. The lowest BCUT2D eigenvalue weighted by molar-refractivity contribution is 0.0521. The number of aromatic amines is 2. The minimum absolute atomic E-state index is 0.205. The Morgan fingerprint density at radius 3 is 2.77 bits per heavy atom. The van der Waals surface area contributed by atoms with E-state index in [2.05, 4.69) is 15.3 Å². The molecular formula is C23H19N4O4. The van der Waals surface area contributed by atoms with Gasteiger partial charge in [0.05, 0.1) is 31.3 Å². The molecule has 0 spiro atoms. The number of anilines is 1. The van der Waals surface area contributed by atoms with Crippen LogP contribution in [0.4, 0.5) is 10.5 Å². The first kappa shape index (κ1) is 18.8. The lowest BCUT2D eigenvalue weighted by Crippen LogP contribution is -2.28. The van der Waals surface area contributed by atoms with Crippen LogP contribution in [0.5, 0.6) is 5.75 Å². The largest absolute Gasteiger partial charge is 0.497 e. The quantitative estimate of drug-likeness (QED) is 0.472. The summed E-state index contributed by atoms with van der Waals surface area (Å²) in [6.45, 7) is 1.96. The number of fused-ring (bicyclic) bond motifs is 2. The fourth-order valence-electron chi connectivity index (χ4n) is 3.89. The first-order valence-corrected chi connectivity index (χ1v) is 9.80. The van der Waals surface area contributed by atoms with Crippen LogP contribution in [0.2, 0.25) is 0 Å². The summed E-state index contributed by atoms with van der Waals surface area (Å²) in [5, 5.41) is 5.62. The molecule has 0 saturated heterocycles. The van der Waals surface area contributed by atoms with E-state index in [-0.39, 0.29) is 12.3 Å². The minimum atomic E-state index is -0.534. The first-order valence-electron chi connectivity index (χ1n) is 9.80. The standard InChI is InChI=1S/C23H19N4O4/c1-3-31-22(28)20-21(14-6-4-5-7-18(14)26-20)27-19(12-25-23(27)29)16-11-24-17-9-8-13(30-2)10-15(16)17/h4-12,24,26H,3H2,1-2H3. The second-order valence-electron chi connectivity index (χ2n) is 6.99. The number of methoxy groups -OCH3 is 1. The van der Waals surface area contributed by atoms with Crippen molar-refractivity contribution in [2.45, 2.75) is 6.92 Å². The molecule has 1 radical (unpaired) electrons. The van der Waals surface area contributed by atoms with Crippen LogP contribution in [-0.2, 0) is 4.74 Å². The van der Waals surface area contributed by atoms with Crippen LogP contribution in [0.1, 0.15) is 23.0 Å². The van der Waals surface area contributed by atoms with E-state index in [0.29, 0.717) is 17.1 Å². The molecule has 2 aromatic heterocycles. The summed E-state index contributed by atoms with van der Waals surface area (Å²) in [6, 6.07) is 12.6. The third kappa shape index (κ3) is 2.92. The molecule has 8 heteroatoms. The molecular weight excluding hydrogens is 396 g/mol. The van der Waals surface area contributed by atoms with Crippen molar-refractivity contribution in [3.63, 3.8) is 0 Å². The van der Waals surface area contributed by atoms with Crippen molar-refractivity contribution in [2.75, 3.05) is 18.6 Å². The van der Waals surface area contributed by atoms with Crippen molar-refractivity contribution in [1.29, 1.82) is 0 Å². The summed E-state index contributed by atoms with van der Waals surface area (Å²) in [7, 11) is 1.60. The number of nitrogens with zero attached hydrogens (tertiary/aromatic N) is 2. The normalized spacial score (nSPS) is 13.5. The Morgan fingerprint density at radius 2 is 1.97 bits per heavy atom. The van der Waals surface area contributed by atoms with Gasteiger partial charge in [0.25, 0.3) is 0 Å². The fraction of sp³-hybridized carbons (Fsp3) is 0.130. The van der Waals surface area contributed by atoms with E-state index in [9.17, 15) is 9.59 Å². The van der Waals surface area contributed by atoms with Gasteiger partial charge in [-0.25, -0.2) is 9.59 Å². The molecule has 1 aliphatic heterocycles. The number of aromatic nitrogens is 2. The molecule has 5 rings (SSSR count). The Morgan fingerprint density at radius 1 is 1.13 bits per heavy atom. The average Bonchev–Trinajstić information content (AvgIpc) is 3.47. The number of amides is 2. The monoisotopic (exact) mass is 415 g/mol. The van der Waals surface area contributed by atoms with E-state index in [4.69, 9.17) is 9.47 Å². The lowest BCUT2D eigenvalue weighted by atomic mass is 10.1. The van der Waals surface area contributed by atoms with Crippen LogP contribution < -0.4 is 15.0 Å². The zero-order chi connectivity index (χ0) is 21.5. The van der Waals surface area contributed by atoms with Crippen LogP contribution in [0.15, 0.2) is 54.9 Å². The molecule has 0 bridgehead atoms.